The maximum atomic E-state index is 12.4. The molecule has 0 aliphatic carbocycles. The van der Waals surface area contributed by atoms with Gasteiger partial charge in [0, 0.05) is 17.5 Å². The largest absolute Gasteiger partial charge is 0.323 e. The van der Waals surface area contributed by atoms with E-state index in [1.54, 1.807) is 18.3 Å². The molecule has 2 aromatic rings. The first-order chi connectivity index (χ1) is 8.67. The van der Waals surface area contributed by atoms with Gasteiger partial charge in [-0.3, -0.25) is 9.78 Å². The second-order valence-corrected chi connectivity index (χ2v) is 3.97. The van der Waals surface area contributed by atoms with Gasteiger partial charge in [-0.05, 0) is 25.0 Å². The number of carbonyl (C=O) groups is 1. The topological polar surface area (TPSA) is 78.6 Å². The lowest BCUT2D eigenvalue weighted by Crippen LogP contribution is -2.10. The first kappa shape index (κ1) is 12.3. The molecule has 2 heterocycles. The molecule has 2 rings (SSSR count). The average molecular weight is 245 g/mol. The summed E-state index contributed by atoms with van der Waals surface area (Å²) < 4.78 is 0. The van der Waals surface area contributed by atoms with Crippen LogP contribution < -0.4 is 5.69 Å². The molecule has 0 spiro atoms. The highest BCUT2D eigenvalue weighted by Gasteiger charge is 2.18. The van der Waals surface area contributed by atoms with Crippen LogP contribution in [0.15, 0.2) is 23.1 Å². The zero-order chi connectivity index (χ0) is 13.1. The van der Waals surface area contributed by atoms with Gasteiger partial charge in [0.15, 0.2) is 0 Å². The van der Waals surface area contributed by atoms with Crippen LogP contribution in [-0.2, 0) is 12.8 Å². The van der Waals surface area contributed by atoms with Crippen LogP contribution in [0.25, 0.3) is 0 Å². The van der Waals surface area contributed by atoms with Crippen LogP contribution >= 0.6 is 0 Å². The van der Waals surface area contributed by atoms with Crippen molar-refractivity contribution in [2.75, 3.05) is 0 Å². The number of aromatic amines is 2. The molecule has 0 fully saturated rings. The first-order valence-corrected chi connectivity index (χ1v) is 5.97. The number of aryl methyl sites for hydroxylation is 2. The van der Waals surface area contributed by atoms with Crippen LogP contribution in [0.3, 0.4) is 0 Å². The minimum absolute atomic E-state index is 0.185. The Kier molecular flexibility index (Phi) is 3.41. The van der Waals surface area contributed by atoms with Gasteiger partial charge in [0.05, 0.1) is 5.69 Å². The molecule has 5 heteroatoms. The number of H-pyrrole nitrogens is 2. The molecule has 0 saturated carbocycles. The van der Waals surface area contributed by atoms with E-state index in [9.17, 15) is 9.59 Å². The van der Waals surface area contributed by atoms with Crippen molar-refractivity contribution < 1.29 is 4.79 Å². The third kappa shape index (κ3) is 2.11. The van der Waals surface area contributed by atoms with Crippen LogP contribution in [0, 0.1) is 0 Å². The van der Waals surface area contributed by atoms with E-state index in [1.165, 1.54) is 0 Å². The molecule has 0 aliphatic rings. The fraction of sp³-hybridized carbons (Fsp3) is 0.308. The number of carbonyl (C=O) groups excluding carboxylic acids is 1. The third-order valence-corrected chi connectivity index (χ3v) is 2.86. The number of hydrogen-bond acceptors (Lipinski definition) is 3. The summed E-state index contributed by atoms with van der Waals surface area (Å²) in [4.78, 5) is 33.0. The van der Waals surface area contributed by atoms with Gasteiger partial charge in [-0.1, -0.05) is 13.8 Å². The first-order valence-electron chi connectivity index (χ1n) is 5.97. The molecule has 5 nitrogen and oxygen atoms in total. The van der Waals surface area contributed by atoms with Gasteiger partial charge in [-0.2, -0.15) is 0 Å². The van der Waals surface area contributed by atoms with Crippen LogP contribution in [0.4, 0.5) is 0 Å². The summed E-state index contributed by atoms with van der Waals surface area (Å²) in [5, 5.41) is 0. The van der Waals surface area contributed by atoms with Gasteiger partial charge >= 0.3 is 5.69 Å². The van der Waals surface area contributed by atoms with Crippen molar-refractivity contribution in [2.45, 2.75) is 26.7 Å². The fourth-order valence-electron chi connectivity index (χ4n) is 1.94. The Balaban J connectivity index is 2.51. The van der Waals surface area contributed by atoms with Gasteiger partial charge < -0.3 is 9.97 Å². The van der Waals surface area contributed by atoms with Crippen molar-refractivity contribution in [2.24, 2.45) is 0 Å². The Morgan fingerprint density at radius 3 is 2.72 bits per heavy atom. The van der Waals surface area contributed by atoms with Crippen LogP contribution in [0.1, 0.15) is 41.3 Å². The zero-order valence-corrected chi connectivity index (χ0v) is 10.4. The summed E-state index contributed by atoms with van der Waals surface area (Å²) >= 11 is 0. The number of nitrogens with zero attached hydrogens (tertiary/aromatic N) is 1. The summed E-state index contributed by atoms with van der Waals surface area (Å²) in [7, 11) is 0. The standard InChI is InChI=1S/C13H15N3O2/c1-3-9-8(6-5-7-14-9)12(17)11-10(4-2)15-13(18)16-11/h5-7H,3-4H2,1-2H3,(H2,15,16,18). The van der Waals surface area contributed by atoms with Crippen LogP contribution in [0.5, 0.6) is 0 Å². The Morgan fingerprint density at radius 1 is 1.28 bits per heavy atom. The lowest BCUT2D eigenvalue weighted by molar-refractivity contribution is 0.103. The van der Waals surface area contributed by atoms with Crippen molar-refractivity contribution >= 4 is 5.78 Å². The van der Waals surface area contributed by atoms with E-state index in [2.05, 4.69) is 15.0 Å². The summed E-state index contributed by atoms with van der Waals surface area (Å²) in [5.74, 6) is -0.185. The number of nitrogens with one attached hydrogen (secondary N) is 2. The molecule has 0 saturated heterocycles. The van der Waals surface area contributed by atoms with Crippen molar-refractivity contribution in [1.29, 1.82) is 0 Å². The van der Waals surface area contributed by atoms with Crippen molar-refractivity contribution in [3.8, 4) is 0 Å². The molecule has 0 bridgehead atoms. The van der Waals surface area contributed by atoms with Gasteiger partial charge in [0.2, 0.25) is 5.78 Å². The lowest BCUT2D eigenvalue weighted by atomic mass is 10.0. The lowest BCUT2D eigenvalue weighted by Gasteiger charge is -2.05. The summed E-state index contributed by atoms with van der Waals surface area (Å²) in [6.07, 6.45) is 2.94. The van der Waals surface area contributed by atoms with E-state index < -0.39 is 0 Å². The molecular weight excluding hydrogens is 230 g/mol. The van der Waals surface area contributed by atoms with E-state index >= 15 is 0 Å². The van der Waals surface area contributed by atoms with E-state index in [1.807, 2.05) is 13.8 Å². The Labute approximate surface area is 104 Å². The van der Waals surface area contributed by atoms with Crippen molar-refractivity contribution in [1.82, 2.24) is 15.0 Å². The molecule has 0 radical (unpaired) electrons. The van der Waals surface area contributed by atoms with E-state index in [4.69, 9.17) is 0 Å². The van der Waals surface area contributed by atoms with Gasteiger partial charge in [-0.15, -0.1) is 0 Å². The van der Waals surface area contributed by atoms with Crippen molar-refractivity contribution in [3.05, 3.63) is 51.5 Å². The smallest absolute Gasteiger partial charge is 0.309 e. The number of aromatic nitrogens is 3. The fourth-order valence-corrected chi connectivity index (χ4v) is 1.94. The Bertz CT molecular complexity index is 625. The normalized spacial score (nSPS) is 10.6. The predicted octanol–water partition coefficient (Wildman–Crippen LogP) is 1.45. The van der Waals surface area contributed by atoms with E-state index in [0.717, 1.165) is 5.69 Å². The van der Waals surface area contributed by atoms with E-state index in [0.29, 0.717) is 29.8 Å². The average Bonchev–Trinajstić information content (AvgIpc) is 2.79. The number of ketones is 1. The number of hydrogen-bond donors (Lipinski definition) is 2. The Hall–Kier alpha value is -2.17. The molecule has 0 aliphatic heterocycles. The zero-order valence-electron chi connectivity index (χ0n) is 10.4. The van der Waals surface area contributed by atoms with Crippen LogP contribution in [-0.4, -0.2) is 20.7 Å². The van der Waals surface area contributed by atoms with Gasteiger partial charge in [-0.25, -0.2) is 4.79 Å². The van der Waals surface area contributed by atoms with Crippen LogP contribution in [0.2, 0.25) is 0 Å². The summed E-state index contributed by atoms with van der Waals surface area (Å²) in [6, 6.07) is 3.46. The quantitative estimate of drug-likeness (QED) is 0.800. The molecule has 94 valence electrons. The molecule has 0 unspecified atom stereocenters. The second-order valence-electron chi connectivity index (χ2n) is 3.97. The summed E-state index contributed by atoms with van der Waals surface area (Å²) in [6.45, 7) is 3.83. The molecule has 18 heavy (non-hydrogen) atoms. The second kappa shape index (κ2) is 5.00. The highest BCUT2D eigenvalue weighted by atomic mass is 16.1. The minimum atomic E-state index is -0.350. The maximum absolute atomic E-state index is 12.4. The number of rotatable bonds is 4. The predicted molar refractivity (Wildman–Crippen MR) is 67.8 cm³/mol. The number of pyridine rings is 1. The molecule has 0 aromatic carbocycles. The monoisotopic (exact) mass is 245 g/mol. The maximum Gasteiger partial charge on any atom is 0.323 e. The SMILES string of the molecule is CCc1ncccc1C(=O)c1[nH]c(=O)[nH]c1CC. The van der Waals surface area contributed by atoms with Gasteiger partial charge in [0.1, 0.15) is 5.69 Å². The van der Waals surface area contributed by atoms with E-state index in [-0.39, 0.29) is 11.5 Å². The minimum Gasteiger partial charge on any atom is -0.309 e. The third-order valence-electron chi connectivity index (χ3n) is 2.86. The molecular formula is C13H15N3O2. The van der Waals surface area contributed by atoms with Gasteiger partial charge in [0.25, 0.3) is 0 Å². The van der Waals surface area contributed by atoms with Crippen molar-refractivity contribution in [3.63, 3.8) is 0 Å². The molecule has 2 aromatic heterocycles. The highest BCUT2D eigenvalue weighted by Crippen LogP contribution is 2.13. The molecule has 0 amide bonds. The highest BCUT2D eigenvalue weighted by molar-refractivity contribution is 6.09. The Morgan fingerprint density at radius 2 is 2.06 bits per heavy atom. The number of imidazole rings is 1. The molecule has 2 N–H and O–H groups in total. The summed E-state index contributed by atoms with van der Waals surface area (Å²) in [5.41, 5.74) is 1.91. The molecule has 0 atom stereocenters.